The summed E-state index contributed by atoms with van der Waals surface area (Å²) in [6, 6.07) is 13.6. The number of aryl methyl sites for hydroxylation is 2. The van der Waals surface area contributed by atoms with E-state index in [4.69, 9.17) is 0 Å². The fraction of sp³-hybridized carbons (Fsp3) is 0.368. The first kappa shape index (κ1) is 16.0. The Labute approximate surface area is 133 Å². The highest BCUT2D eigenvalue weighted by Gasteiger charge is 2.20. The summed E-state index contributed by atoms with van der Waals surface area (Å²) in [6.45, 7) is 8.42. The van der Waals surface area contributed by atoms with E-state index in [0.717, 1.165) is 12.8 Å². The van der Waals surface area contributed by atoms with Gasteiger partial charge in [-0.05, 0) is 48.2 Å². The molecular formula is C19H25NS. The lowest BCUT2D eigenvalue weighted by Crippen LogP contribution is -2.14. The minimum atomic E-state index is 1.10. The number of fused-ring (bicyclic) bond motifs is 2. The van der Waals surface area contributed by atoms with Gasteiger partial charge in [-0.15, -0.1) is 0 Å². The maximum atomic E-state index is 2.33. The molecule has 0 bridgehead atoms. The van der Waals surface area contributed by atoms with Gasteiger partial charge >= 0.3 is 0 Å². The lowest BCUT2D eigenvalue weighted by atomic mass is 10.1. The minimum Gasteiger partial charge on any atom is -0.343 e. The number of hydrogen-bond donors (Lipinski definition) is 0. The van der Waals surface area contributed by atoms with Gasteiger partial charge in [-0.2, -0.15) is 0 Å². The van der Waals surface area contributed by atoms with Crippen LogP contribution in [0.5, 0.6) is 0 Å². The van der Waals surface area contributed by atoms with Gasteiger partial charge in [0.1, 0.15) is 0 Å². The minimum absolute atomic E-state index is 1.10. The standard InChI is InChI=1S/C17H19NS.C2H6/c1-4-12-6-8-14-16(10-12)19-17-11-13(5-2)7-9-15(17)18(14)3;1-2/h6-11H,4-5H2,1-3H3;1-2H3. The molecule has 0 spiro atoms. The molecule has 0 unspecified atom stereocenters. The molecule has 0 N–H and O–H groups in total. The molecule has 2 heteroatoms. The average molecular weight is 299 g/mol. The summed E-state index contributed by atoms with van der Waals surface area (Å²) in [4.78, 5) is 5.06. The fourth-order valence-corrected chi connectivity index (χ4v) is 3.80. The Bertz CT molecular complexity index is 565. The molecule has 0 radical (unpaired) electrons. The predicted octanol–water partition coefficient (Wildman–Crippen LogP) is 6.07. The van der Waals surface area contributed by atoms with E-state index in [1.807, 2.05) is 25.6 Å². The average Bonchev–Trinajstić information content (AvgIpc) is 2.55. The predicted molar refractivity (Wildman–Crippen MR) is 95.2 cm³/mol. The fourth-order valence-electron chi connectivity index (χ4n) is 2.52. The Morgan fingerprint density at radius 3 is 1.62 bits per heavy atom. The lowest BCUT2D eigenvalue weighted by molar-refractivity contribution is 1.06. The van der Waals surface area contributed by atoms with Crippen LogP contribution in [0.3, 0.4) is 0 Å². The Balaban J connectivity index is 0.000000774. The maximum absolute atomic E-state index is 2.33. The SMILES string of the molecule is CC.CCc1ccc2c(c1)Sc1cc(CC)ccc1N2C. The molecule has 112 valence electrons. The van der Waals surface area contributed by atoms with Crippen molar-refractivity contribution in [3.05, 3.63) is 47.5 Å². The van der Waals surface area contributed by atoms with Gasteiger partial charge in [0.2, 0.25) is 0 Å². The Kier molecular flexibility index (Phi) is 5.35. The van der Waals surface area contributed by atoms with Crippen LogP contribution in [-0.4, -0.2) is 7.05 Å². The van der Waals surface area contributed by atoms with Gasteiger partial charge in [0.25, 0.3) is 0 Å². The second kappa shape index (κ2) is 7.04. The second-order valence-corrected chi connectivity index (χ2v) is 6.06. The highest BCUT2D eigenvalue weighted by Crippen LogP contribution is 2.47. The van der Waals surface area contributed by atoms with Crippen LogP contribution < -0.4 is 4.90 Å². The zero-order valence-electron chi connectivity index (χ0n) is 13.7. The zero-order chi connectivity index (χ0) is 15.4. The highest BCUT2D eigenvalue weighted by atomic mass is 32.2. The maximum Gasteiger partial charge on any atom is 0.0550 e. The molecular weight excluding hydrogens is 274 g/mol. The van der Waals surface area contributed by atoms with Crippen LogP contribution in [0.4, 0.5) is 11.4 Å². The first-order chi connectivity index (χ1) is 10.2. The van der Waals surface area contributed by atoms with Crippen molar-refractivity contribution >= 4 is 23.1 Å². The molecule has 1 aliphatic rings. The third-order valence-electron chi connectivity index (χ3n) is 3.81. The van der Waals surface area contributed by atoms with Gasteiger partial charge in [-0.25, -0.2) is 0 Å². The number of hydrogen-bond acceptors (Lipinski definition) is 2. The first-order valence-electron chi connectivity index (χ1n) is 7.90. The molecule has 0 saturated heterocycles. The molecule has 0 saturated carbocycles. The van der Waals surface area contributed by atoms with Gasteiger partial charge < -0.3 is 4.90 Å². The van der Waals surface area contributed by atoms with Crippen molar-refractivity contribution < 1.29 is 0 Å². The van der Waals surface area contributed by atoms with Crippen LogP contribution >= 0.6 is 11.8 Å². The van der Waals surface area contributed by atoms with Crippen molar-refractivity contribution in [2.75, 3.05) is 11.9 Å². The van der Waals surface area contributed by atoms with E-state index >= 15 is 0 Å². The molecule has 0 aliphatic carbocycles. The molecule has 1 aliphatic heterocycles. The third kappa shape index (κ3) is 3.11. The molecule has 3 rings (SSSR count). The van der Waals surface area contributed by atoms with E-state index < -0.39 is 0 Å². The van der Waals surface area contributed by atoms with Gasteiger partial charge in [-0.1, -0.05) is 51.6 Å². The summed E-state index contributed by atoms with van der Waals surface area (Å²) in [6.07, 6.45) is 2.19. The normalized spacial score (nSPS) is 12.1. The van der Waals surface area contributed by atoms with Gasteiger partial charge in [0.05, 0.1) is 11.4 Å². The van der Waals surface area contributed by atoms with Crippen LogP contribution in [0.2, 0.25) is 0 Å². The van der Waals surface area contributed by atoms with Gasteiger partial charge in [0, 0.05) is 16.8 Å². The van der Waals surface area contributed by atoms with Crippen LogP contribution in [-0.2, 0) is 12.8 Å². The van der Waals surface area contributed by atoms with Crippen molar-refractivity contribution in [1.29, 1.82) is 0 Å². The van der Waals surface area contributed by atoms with E-state index in [-0.39, 0.29) is 0 Å². The molecule has 0 amide bonds. The van der Waals surface area contributed by atoms with E-state index in [1.165, 1.54) is 32.3 Å². The molecule has 21 heavy (non-hydrogen) atoms. The van der Waals surface area contributed by atoms with Gasteiger partial charge in [-0.3, -0.25) is 0 Å². The van der Waals surface area contributed by atoms with Crippen LogP contribution in [0.15, 0.2) is 46.2 Å². The van der Waals surface area contributed by atoms with E-state index in [9.17, 15) is 0 Å². The summed E-state index contributed by atoms with van der Waals surface area (Å²) in [5.74, 6) is 0. The van der Waals surface area contributed by atoms with Crippen molar-refractivity contribution in [3.8, 4) is 0 Å². The lowest BCUT2D eigenvalue weighted by Gasteiger charge is -2.30. The number of anilines is 2. The quantitative estimate of drug-likeness (QED) is 0.662. The Morgan fingerprint density at radius 1 is 0.810 bits per heavy atom. The first-order valence-corrected chi connectivity index (χ1v) is 8.72. The summed E-state index contributed by atoms with van der Waals surface area (Å²) < 4.78 is 0. The summed E-state index contributed by atoms with van der Waals surface area (Å²) in [5, 5.41) is 0. The molecule has 0 aromatic heterocycles. The zero-order valence-corrected chi connectivity index (χ0v) is 14.6. The molecule has 1 heterocycles. The van der Waals surface area contributed by atoms with Crippen LogP contribution in [0, 0.1) is 0 Å². The smallest absolute Gasteiger partial charge is 0.0550 e. The van der Waals surface area contributed by atoms with E-state index in [0.29, 0.717) is 0 Å². The van der Waals surface area contributed by atoms with Crippen LogP contribution in [0.1, 0.15) is 38.8 Å². The van der Waals surface area contributed by atoms with Crippen LogP contribution in [0.25, 0.3) is 0 Å². The summed E-state index contributed by atoms with van der Waals surface area (Å²) in [7, 11) is 2.16. The largest absolute Gasteiger partial charge is 0.343 e. The Hall–Kier alpha value is -1.41. The molecule has 1 nitrogen and oxygen atoms in total. The Morgan fingerprint density at radius 2 is 1.24 bits per heavy atom. The summed E-state index contributed by atoms with van der Waals surface area (Å²) >= 11 is 1.90. The summed E-state index contributed by atoms with van der Waals surface area (Å²) in [5.41, 5.74) is 5.46. The van der Waals surface area contributed by atoms with E-state index in [1.54, 1.807) is 0 Å². The monoisotopic (exact) mass is 299 g/mol. The molecule has 0 atom stereocenters. The highest BCUT2D eigenvalue weighted by molar-refractivity contribution is 7.99. The van der Waals surface area contributed by atoms with Crippen molar-refractivity contribution in [3.63, 3.8) is 0 Å². The molecule has 0 fully saturated rings. The van der Waals surface area contributed by atoms with Crippen molar-refractivity contribution in [2.45, 2.75) is 50.3 Å². The second-order valence-electron chi connectivity index (χ2n) is 4.97. The third-order valence-corrected chi connectivity index (χ3v) is 4.90. The molecule has 2 aromatic carbocycles. The topological polar surface area (TPSA) is 3.24 Å². The van der Waals surface area contributed by atoms with Crippen molar-refractivity contribution in [1.82, 2.24) is 0 Å². The number of rotatable bonds is 2. The van der Waals surface area contributed by atoms with Gasteiger partial charge in [0.15, 0.2) is 0 Å². The van der Waals surface area contributed by atoms with Crippen molar-refractivity contribution in [2.24, 2.45) is 0 Å². The molecule has 2 aromatic rings. The number of nitrogens with zero attached hydrogens (tertiary/aromatic N) is 1. The van der Waals surface area contributed by atoms with E-state index in [2.05, 4.69) is 62.2 Å². The number of benzene rings is 2.